The van der Waals surface area contributed by atoms with Crippen molar-refractivity contribution in [3.05, 3.63) is 30.5 Å². The second-order valence-electron chi connectivity index (χ2n) is 2.56. The number of aromatic nitrogens is 2. The minimum atomic E-state index is -0.0791. The summed E-state index contributed by atoms with van der Waals surface area (Å²) >= 11 is 0. The minimum Gasteiger partial charge on any atom is -0.273 e. The van der Waals surface area contributed by atoms with Gasteiger partial charge < -0.3 is 0 Å². The van der Waals surface area contributed by atoms with Crippen molar-refractivity contribution in [2.75, 3.05) is 0 Å². The highest BCUT2D eigenvalue weighted by molar-refractivity contribution is 5.89. The highest BCUT2D eigenvalue weighted by Gasteiger charge is 2.03. The molecule has 2 aromatic rings. The van der Waals surface area contributed by atoms with E-state index in [-0.39, 0.29) is 5.91 Å². The summed E-state index contributed by atoms with van der Waals surface area (Å²) in [5.74, 6) is -0.0791. The largest absolute Gasteiger partial charge is 0.273 e. The molecule has 0 bridgehead atoms. The predicted octanol–water partition coefficient (Wildman–Crippen LogP) is 1.50. The monoisotopic (exact) mass is 159 g/mol. The SMILES string of the molecule is CC(=O)n1ncc2cc[c]cc21. The lowest BCUT2D eigenvalue weighted by molar-refractivity contribution is 0.0927. The maximum Gasteiger partial charge on any atom is 0.244 e. The standard InChI is InChI=1S/C9H7N2O/c1-7(12)11-9-5-3-2-4-8(9)6-10-11/h2,4-6H,1H3. The molecule has 0 spiro atoms. The third-order valence-corrected chi connectivity index (χ3v) is 1.71. The molecule has 59 valence electrons. The van der Waals surface area contributed by atoms with E-state index in [1.54, 1.807) is 18.3 Å². The van der Waals surface area contributed by atoms with E-state index < -0.39 is 0 Å². The first-order valence-electron chi connectivity index (χ1n) is 3.64. The molecule has 3 nitrogen and oxygen atoms in total. The lowest BCUT2D eigenvalue weighted by atomic mass is 10.3. The molecule has 0 saturated carbocycles. The molecule has 0 N–H and O–H groups in total. The average molecular weight is 159 g/mol. The summed E-state index contributed by atoms with van der Waals surface area (Å²) in [4.78, 5) is 11.0. The van der Waals surface area contributed by atoms with Crippen LogP contribution in [0.4, 0.5) is 0 Å². The van der Waals surface area contributed by atoms with Crippen molar-refractivity contribution in [3.63, 3.8) is 0 Å². The van der Waals surface area contributed by atoms with Crippen molar-refractivity contribution in [2.45, 2.75) is 6.92 Å². The van der Waals surface area contributed by atoms with Gasteiger partial charge in [-0.25, -0.2) is 4.68 Å². The number of nitrogens with zero attached hydrogens (tertiary/aromatic N) is 2. The summed E-state index contributed by atoms with van der Waals surface area (Å²) in [5.41, 5.74) is 0.810. The molecule has 3 heteroatoms. The Morgan fingerprint density at radius 2 is 2.50 bits per heavy atom. The lowest BCUT2D eigenvalue weighted by Crippen LogP contribution is -2.06. The zero-order valence-corrected chi connectivity index (χ0v) is 6.61. The van der Waals surface area contributed by atoms with Crippen molar-refractivity contribution in [1.29, 1.82) is 0 Å². The second-order valence-corrected chi connectivity index (χ2v) is 2.56. The molecule has 0 aliphatic heterocycles. The Morgan fingerprint density at radius 3 is 3.25 bits per heavy atom. The number of fused-ring (bicyclic) bond motifs is 1. The quantitative estimate of drug-likeness (QED) is 0.583. The Labute approximate surface area is 69.6 Å². The van der Waals surface area contributed by atoms with Gasteiger partial charge in [-0.05, 0) is 12.1 Å². The zero-order chi connectivity index (χ0) is 8.55. The van der Waals surface area contributed by atoms with E-state index in [9.17, 15) is 4.79 Å². The maximum absolute atomic E-state index is 11.0. The van der Waals surface area contributed by atoms with Crippen LogP contribution >= 0.6 is 0 Å². The average Bonchev–Trinajstić information content (AvgIpc) is 2.47. The number of rotatable bonds is 0. The Morgan fingerprint density at radius 1 is 1.67 bits per heavy atom. The molecular formula is C9H7N2O. The van der Waals surface area contributed by atoms with Crippen molar-refractivity contribution in [2.24, 2.45) is 0 Å². The van der Waals surface area contributed by atoms with Crippen LogP contribution in [-0.4, -0.2) is 15.7 Å². The lowest BCUT2D eigenvalue weighted by Gasteiger charge is -1.94. The molecule has 1 radical (unpaired) electrons. The van der Waals surface area contributed by atoms with E-state index in [4.69, 9.17) is 0 Å². The summed E-state index contributed by atoms with van der Waals surface area (Å²) < 4.78 is 1.37. The molecule has 0 aliphatic rings. The van der Waals surface area contributed by atoms with E-state index in [1.165, 1.54) is 11.6 Å². The van der Waals surface area contributed by atoms with Crippen molar-refractivity contribution < 1.29 is 4.79 Å². The summed E-state index contributed by atoms with van der Waals surface area (Å²) in [6.07, 6.45) is 1.67. The number of benzene rings is 1. The zero-order valence-electron chi connectivity index (χ0n) is 6.61. The normalized spacial score (nSPS) is 10.4. The highest BCUT2D eigenvalue weighted by Crippen LogP contribution is 2.11. The first kappa shape index (κ1) is 7.03. The van der Waals surface area contributed by atoms with E-state index >= 15 is 0 Å². The predicted molar refractivity (Wildman–Crippen MR) is 44.9 cm³/mol. The number of hydrogen-bond acceptors (Lipinski definition) is 2. The van der Waals surface area contributed by atoms with E-state index in [0.29, 0.717) is 0 Å². The van der Waals surface area contributed by atoms with Crippen LogP contribution in [0.15, 0.2) is 24.4 Å². The third-order valence-electron chi connectivity index (χ3n) is 1.71. The van der Waals surface area contributed by atoms with Gasteiger partial charge in [0.15, 0.2) is 0 Å². The topological polar surface area (TPSA) is 34.9 Å². The van der Waals surface area contributed by atoms with E-state index in [0.717, 1.165) is 10.9 Å². The first-order chi connectivity index (χ1) is 5.79. The van der Waals surface area contributed by atoms with Crippen LogP contribution in [-0.2, 0) is 0 Å². The summed E-state index contributed by atoms with van der Waals surface area (Å²) in [7, 11) is 0. The summed E-state index contributed by atoms with van der Waals surface area (Å²) in [5, 5.41) is 4.90. The first-order valence-corrected chi connectivity index (χ1v) is 3.64. The fourth-order valence-corrected chi connectivity index (χ4v) is 1.16. The van der Waals surface area contributed by atoms with Gasteiger partial charge in [0, 0.05) is 12.3 Å². The van der Waals surface area contributed by atoms with Gasteiger partial charge in [-0.2, -0.15) is 5.10 Å². The second kappa shape index (κ2) is 2.44. The van der Waals surface area contributed by atoms with E-state index in [2.05, 4.69) is 11.2 Å². The fraction of sp³-hybridized carbons (Fsp3) is 0.111. The van der Waals surface area contributed by atoms with Gasteiger partial charge in [-0.1, -0.05) is 12.1 Å². The van der Waals surface area contributed by atoms with Crippen LogP contribution in [0, 0.1) is 6.07 Å². The minimum absolute atomic E-state index is 0.0791. The molecule has 1 aromatic carbocycles. The Kier molecular flexibility index (Phi) is 1.43. The molecule has 0 aliphatic carbocycles. The molecule has 1 aromatic heterocycles. The molecule has 2 rings (SSSR count). The number of carbonyl (C=O) groups is 1. The Bertz CT molecular complexity index is 431. The number of hydrogen-bond donors (Lipinski definition) is 0. The molecule has 0 atom stereocenters. The van der Waals surface area contributed by atoms with Gasteiger partial charge in [0.05, 0.1) is 11.7 Å². The van der Waals surface area contributed by atoms with Gasteiger partial charge in [0.25, 0.3) is 0 Å². The van der Waals surface area contributed by atoms with Crippen molar-refractivity contribution in [3.8, 4) is 0 Å². The molecular weight excluding hydrogens is 152 g/mol. The van der Waals surface area contributed by atoms with Crippen molar-refractivity contribution >= 4 is 16.8 Å². The van der Waals surface area contributed by atoms with Crippen LogP contribution in [0.2, 0.25) is 0 Å². The maximum atomic E-state index is 11.0. The molecule has 0 amide bonds. The highest BCUT2D eigenvalue weighted by atomic mass is 16.2. The number of carbonyl (C=O) groups excluding carboxylic acids is 1. The van der Waals surface area contributed by atoms with Crippen LogP contribution in [0.25, 0.3) is 10.9 Å². The van der Waals surface area contributed by atoms with Gasteiger partial charge >= 0.3 is 0 Å². The Balaban J connectivity index is 2.79. The van der Waals surface area contributed by atoms with Gasteiger partial charge in [0.2, 0.25) is 5.91 Å². The van der Waals surface area contributed by atoms with Gasteiger partial charge in [-0.15, -0.1) is 0 Å². The Hall–Kier alpha value is -1.64. The smallest absolute Gasteiger partial charge is 0.244 e. The third kappa shape index (κ3) is 0.906. The molecule has 1 heterocycles. The van der Waals surface area contributed by atoms with Crippen LogP contribution in [0.3, 0.4) is 0 Å². The summed E-state index contributed by atoms with van der Waals surface area (Å²) in [6.45, 7) is 1.49. The van der Waals surface area contributed by atoms with E-state index in [1.807, 2.05) is 6.07 Å². The molecule has 0 unspecified atom stereocenters. The fourth-order valence-electron chi connectivity index (χ4n) is 1.16. The van der Waals surface area contributed by atoms with Gasteiger partial charge in [0.1, 0.15) is 0 Å². The summed E-state index contributed by atoms with van der Waals surface area (Å²) in [6, 6.07) is 8.33. The van der Waals surface area contributed by atoms with Crippen LogP contribution in [0.5, 0.6) is 0 Å². The van der Waals surface area contributed by atoms with Crippen LogP contribution in [0.1, 0.15) is 11.7 Å². The molecule has 0 fully saturated rings. The molecule has 0 saturated heterocycles. The molecule has 12 heavy (non-hydrogen) atoms. The van der Waals surface area contributed by atoms with Gasteiger partial charge in [-0.3, -0.25) is 4.79 Å². The van der Waals surface area contributed by atoms with Crippen molar-refractivity contribution in [1.82, 2.24) is 9.78 Å². The van der Waals surface area contributed by atoms with Crippen LogP contribution < -0.4 is 0 Å².